The molecular weight excluding hydrogens is 252 g/mol. The highest BCUT2D eigenvalue weighted by atomic mass is 35.5. The lowest BCUT2D eigenvalue weighted by atomic mass is 10.1. The first-order chi connectivity index (χ1) is 8.08. The molecule has 2 rings (SSSR count). The maximum Gasteiger partial charge on any atom is 0.335 e. The number of aromatic amines is 1. The number of nitrogens with one attached hydrogen (secondary N) is 1. The maximum absolute atomic E-state index is 10.9. The monoisotopic (exact) mass is 268 g/mol. The van der Waals surface area contributed by atoms with E-state index in [1.165, 1.54) is 0 Å². The molecule has 2 N–H and O–H groups in total. The number of nitrogens with zero attached hydrogens (tertiary/aromatic N) is 1. The smallest absolute Gasteiger partial charge is 0.335 e. The van der Waals surface area contributed by atoms with Crippen LogP contribution in [0.15, 0.2) is 24.4 Å². The molecule has 0 atom stereocenters. The highest BCUT2D eigenvalue weighted by molar-refractivity contribution is 5.94. The average Bonchev–Trinajstić information content (AvgIpc) is 2.68. The Bertz CT molecular complexity index is 549. The SMILES string of the molecule is CN(C)CCc1c[nH]c2ccc(C(=O)O)cc12.Cl. The molecule has 0 bridgehead atoms. The van der Waals surface area contributed by atoms with Crippen LogP contribution in [0.1, 0.15) is 15.9 Å². The molecule has 2 aromatic rings. The normalized spacial score (nSPS) is 10.6. The lowest BCUT2D eigenvalue weighted by Gasteiger charge is -2.08. The molecule has 4 nitrogen and oxygen atoms in total. The van der Waals surface area contributed by atoms with E-state index in [4.69, 9.17) is 5.11 Å². The first kappa shape index (κ1) is 14.5. The molecule has 0 saturated heterocycles. The fraction of sp³-hybridized carbons (Fsp3) is 0.308. The van der Waals surface area contributed by atoms with E-state index in [2.05, 4.69) is 9.88 Å². The number of halogens is 1. The van der Waals surface area contributed by atoms with E-state index in [-0.39, 0.29) is 12.4 Å². The Morgan fingerprint density at radius 3 is 2.72 bits per heavy atom. The number of hydrogen-bond donors (Lipinski definition) is 2. The van der Waals surface area contributed by atoms with Gasteiger partial charge in [-0.1, -0.05) is 0 Å². The summed E-state index contributed by atoms with van der Waals surface area (Å²) < 4.78 is 0. The second kappa shape index (κ2) is 5.89. The quantitative estimate of drug-likeness (QED) is 0.895. The third kappa shape index (κ3) is 3.03. The summed E-state index contributed by atoms with van der Waals surface area (Å²) in [7, 11) is 4.05. The molecule has 5 heteroatoms. The summed E-state index contributed by atoms with van der Waals surface area (Å²) >= 11 is 0. The summed E-state index contributed by atoms with van der Waals surface area (Å²) in [6.07, 6.45) is 2.87. The van der Waals surface area contributed by atoms with Crippen molar-refractivity contribution in [2.45, 2.75) is 6.42 Å². The number of fused-ring (bicyclic) bond motifs is 1. The van der Waals surface area contributed by atoms with Crippen LogP contribution in [-0.4, -0.2) is 41.6 Å². The van der Waals surface area contributed by atoms with Crippen molar-refractivity contribution in [3.05, 3.63) is 35.5 Å². The van der Waals surface area contributed by atoms with Crippen LogP contribution >= 0.6 is 12.4 Å². The number of likely N-dealkylation sites (N-methyl/N-ethyl adjacent to an activating group) is 1. The predicted molar refractivity (Wildman–Crippen MR) is 74.8 cm³/mol. The zero-order valence-corrected chi connectivity index (χ0v) is 11.3. The standard InChI is InChI=1S/C13H16N2O2.ClH/c1-15(2)6-5-10-8-14-12-4-3-9(13(16)17)7-11(10)12;/h3-4,7-8,14H,5-6H2,1-2H3,(H,16,17);1H. The molecule has 0 aliphatic heterocycles. The Balaban J connectivity index is 0.00000162. The zero-order chi connectivity index (χ0) is 12.4. The van der Waals surface area contributed by atoms with Crippen LogP contribution in [0.5, 0.6) is 0 Å². The largest absolute Gasteiger partial charge is 0.478 e. The topological polar surface area (TPSA) is 56.3 Å². The number of H-pyrrole nitrogens is 1. The molecule has 0 unspecified atom stereocenters. The van der Waals surface area contributed by atoms with Gasteiger partial charge in [0.15, 0.2) is 0 Å². The van der Waals surface area contributed by atoms with Crippen molar-refractivity contribution in [2.24, 2.45) is 0 Å². The van der Waals surface area contributed by atoms with Gasteiger partial charge in [0, 0.05) is 23.6 Å². The Hall–Kier alpha value is -1.52. The predicted octanol–water partition coefficient (Wildman–Crippen LogP) is 2.39. The molecule has 0 spiro atoms. The third-order valence-electron chi connectivity index (χ3n) is 2.84. The van der Waals surface area contributed by atoms with E-state index < -0.39 is 5.97 Å². The lowest BCUT2D eigenvalue weighted by molar-refractivity contribution is 0.0697. The summed E-state index contributed by atoms with van der Waals surface area (Å²) in [6, 6.07) is 5.17. The summed E-state index contributed by atoms with van der Waals surface area (Å²) in [5.41, 5.74) is 2.49. The van der Waals surface area contributed by atoms with Gasteiger partial charge in [0.1, 0.15) is 0 Å². The van der Waals surface area contributed by atoms with Gasteiger partial charge in [0.05, 0.1) is 5.56 Å². The molecule has 1 heterocycles. The highest BCUT2D eigenvalue weighted by Crippen LogP contribution is 2.20. The minimum Gasteiger partial charge on any atom is -0.478 e. The van der Waals surface area contributed by atoms with E-state index in [0.29, 0.717) is 5.56 Å². The van der Waals surface area contributed by atoms with Crippen LogP contribution in [0.3, 0.4) is 0 Å². The molecule has 0 aliphatic rings. The minimum absolute atomic E-state index is 0. The first-order valence-electron chi connectivity index (χ1n) is 5.56. The molecule has 1 aromatic heterocycles. The van der Waals surface area contributed by atoms with Gasteiger partial charge >= 0.3 is 5.97 Å². The van der Waals surface area contributed by atoms with E-state index in [1.807, 2.05) is 26.4 Å². The number of aromatic nitrogens is 1. The molecular formula is C13H17ClN2O2. The number of hydrogen-bond acceptors (Lipinski definition) is 2. The Kier molecular flexibility index (Phi) is 4.76. The maximum atomic E-state index is 10.9. The number of carboxylic acid groups (broad SMARTS) is 1. The van der Waals surface area contributed by atoms with Crippen molar-refractivity contribution in [3.8, 4) is 0 Å². The number of carboxylic acids is 1. The molecule has 0 radical (unpaired) electrons. The van der Waals surface area contributed by atoms with Crippen LogP contribution in [0.4, 0.5) is 0 Å². The fourth-order valence-electron chi connectivity index (χ4n) is 1.86. The molecule has 0 amide bonds. The lowest BCUT2D eigenvalue weighted by Crippen LogP contribution is -2.14. The number of rotatable bonds is 4. The van der Waals surface area contributed by atoms with Crippen molar-refractivity contribution in [1.82, 2.24) is 9.88 Å². The van der Waals surface area contributed by atoms with Crippen molar-refractivity contribution in [2.75, 3.05) is 20.6 Å². The van der Waals surface area contributed by atoms with E-state index in [1.54, 1.807) is 12.1 Å². The van der Waals surface area contributed by atoms with Gasteiger partial charge < -0.3 is 15.0 Å². The molecule has 0 aliphatic carbocycles. The Morgan fingerprint density at radius 1 is 1.39 bits per heavy atom. The number of benzene rings is 1. The first-order valence-corrected chi connectivity index (χ1v) is 5.56. The number of carbonyl (C=O) groups is 1. The van der Waals surface area contributed by atoms with Crippen LogP contribution < -0.4 is 0 Å². The average molecular weight is 269 g/mol. The van der Waals surface area contributed by atoms with Crippen LogP contribution in [0.2, 0.25) is 0 Å². The molecule has 1 aromatic carbocycles. The van der Waals surface area contributed by atoms with Gasteiger partial charge in [-0.05, 0) is 44.3 Å². The third-order valence-corrected chi connectivity index (χ3v) is 2.84. The van der Waals surface area contributed by atoms with Gasteiger partial charge in [0.2, 0.25) is 0 Å². The van der Waals surface area contributed by atoms with Crippen molar-refractivity contribution in [1.29, 1.82) is 0 Å². The van der Waals surface area contributed by atoms with Gasteiger partial charge in [0.25, 0.3) is 0 Å². The molecule has 98 valence electrons. The van der Waals surface area contributed by atoms with Crippen LogP contribution in [0, 0.1) is 0 Å². The molecule has 0 fully saturated rings. The van der Waals surface area contributed by atoms with Gasteiger partial charge in [-0.3, -0.25) is 0 Å². The van der Waals surface area contributed by atoms with Gasteiger partial charge in [-0.15, -0.1) is 12.4 Å². The molecule has 0 saturated carbocycles. The van der Waals surface area contributed by atoms with Crippen molar-refractivity contribution >= 4 is 29.3 Å². The van der Waals surface area contributed by atoms with Gasteiger partial charge in [-0.2, -0.15) is 0 Å². The summed E-state index contributed by atoms with van der Waals surface area (Å²) in [4.78, 5) is 16.2. The fourth-order valence-corrected chi connectivity index (χ4v) is 1.86. The van der Waals surface area contributed by atoms with E-state index in [0.717, 1.165) is 29.4 Å². The second-order valence-corrected chi connectivity index (χ2v) is 4.43. The van der Waals surface area contributed by atoms with E-state index >= 15 is 0 Å². The van der Waals surface area contributed by atoms with Crippen LogP contribution in [0.25, 0.3) is 10.9 Å². The minimum atomic E-state index is -0.883. The van der Waals surface area contributed by atoms with Gasteiger partial charge in [-0.25, -0.2) is 4.79 Å². The van der Waals surface area contributed by atoms with Crippen LogP contribution in [-0.2, 0) is 6.42 Å². The summed E-state index contributed by atoms with van der Waals surface area (Å²) in [5.74, 6) is -0.883. The Morgan fingerprint density at radius 2 is 2.11 bits per heavy atom. The Labute approximate surface area is 112 Å². The highest BCUT2D eigenvalue weighted by Gasteiger charge is 2.08. The van der Waals surface area contributed by atoms with E-state index in [9.17, 15) is 4.79 Å². The summed E-state index contributed by atoms with van der Waals surface area (Å²) in [6.45, 7) is 0.949. The van der Waals surface area contributed by atoms with Crippen molar-refractivity contribution < 1.29 is 9.90 Å². The zero-order valence-electron chi connectivity index (χ0n) is 10.4. The summed E-state index contributed by atoms with van der Waals surface area (Å²) in [5, 5.41) is 9.98. The molecule has 18 heavy (non-hydrogen) atoms. The van der Waals surface area contributed by atoms with Crippen molar-refractivity contribution in [3.63, 3.8) is 0 Å². The second-order valence-electron chi connectivity index (χ2n) is 4.43. The number of aromatic carboxylic acids is 1.